The molecule has 0 unspecified atom stereocenters. The third kappa shape index (κ3) is 5.60. The fourth-order valence-electron chi connectivity index (χ4n) is 2.65. The second-order valence-electron chi connectivity index (χ2n) is 5.92. The molecule has 6 nitrogen and oxygen atoms in total. The van der Waals surface area contributed by atoms with Gasteiger partial charge in [-0.25, -0.2) is 13.1 Å². The van der Waals surface area contributed by atoms with E-state index in [1.54, 1.807) is 17.0 Å². The van der Waals surface area contributed by atoms with Gasteiger partial charge in [0.15, 0.2) is 0 Å². The van der Waals surface area contributed by atoms with Crippen molar-refractivity contribution in [2.45, 2.75) is 25.8 Å². The zero-order chi connectivity index (χ0) is 18.6. The van der Waals surface area contributed by atoms with Crippen LogP contribution in [-0.4, -0.2) is 44.9 Å². The molecule has 0 radical (unpaired) electrons. The average molecular weight is 406 g/mol. The van der Waals surface area contributed by atoms with E-state index in [-0.39, 0.29) is 18.5 Å². The summed E-state index contributed by atoms with van der Waals surface area (Å²) in [5.74, 6) is -0.0458. The summed E-state index contributed by atoms with van der Waals surface area (Å²) in [6, 6.07) is 3.27. The van der Waals surface area contributed by atoms with E-state index in [0.29, 0.717) is 36.0 Å². The monoisotopic (exact) mass is 405 g/mol. The number of hydrogen-bond donors (Lipinski definition) is 2. The van der Waals surface area contributed by atoms with Gasteiger partial charge in [-0.3, -0.25) is 4.79 Å². The van der Waals surface area contributed by atoms with Crippen molar-refractivity contribution in [2.75, 3.05) is 25.0 Å². The van der Waals surface area contributed by atoms with Gasteiger partial charge in [0.1, 0.15) is 0 Å². The van der Waals surface area contributed by atoms with Gasteiger partial charge in [-0.1, -0.05) is 29.8 Å². The number of aryl methyl sites for hydroxylation is 1. The highest BCUT2D eigenvalue weighted by molar-refractivity contribution is 7.92. The summed E-state index contributed by atoms with van der Waals surface area (Å²) in [6.07, 6.45) is 1.15. The maximum Gasteiger partial charge on any atom is 0.241 e. The highest BCUT2D eigenvalue weighted by Gasteiger charge is 2.24. The van der Waals surface area contributed by atoms with Gasteiger partial charge in [-0.15, -0.1) is 0 Å². The molecule has 1 amide bonds. The van der Waals surface area contributed by atoms with Crippen LogP contribution in [0.15, 0.2) is 24.1 Å². The molecule has 1 aliphatic heterocycles. The molecule has 0 bridgehead atoms. The van der Waals surface area contributed by atoms with Crippen molar-refractivity contribution in [3.63, 3.8) is 0 Å². The molecule has 1 aromatic carbocycles. The first-order chi connectivity index (χ1) is 11.7. The second kappa shape index (κ2) is 8.40. The lowest BCUT2D eigenvalue weighted by atomic mass is 10.1. The van der Waals surface area contributed by atoms with Gasteiger partial charge in [0.25, 0.3) is 0 Å². The molecule has 0 spiro atoms. The van der Waals surface area contributed by atoms with Crippen molar-refractivity contribution in [1.29, 1.82) is 0 Å². The normalized spacial score (nSPS) is 15.9. The number of carbonyl (C=O) groups excluding carboxylic acids is 1. The van der Waals surface area contributed by atoms with Crippen LogP contribution in [0.3, 0.4) is 0 Å². The SMILES string of the molecule is C=CS(=O)(=O)NC1CCN(C(=O)CNc2cc(Cl)c(Cl)cc2C)CC1. The van der Waals surface area contributed by atoms with Gasteiger partial charge < -0.3 is 10.2 Å². The zero-order valence-electron chi connectivity index (χ0n) is 13.9. The number of amides is 1. The Kier molecular flexibility index (Phi) is 6.73. The summed E-state index contributed by atoms with van der Waals surface area (Å²) in [4.78, 5) is 14.1. The van der Waals surface area contributed by atoms with Crippen LogP contribution >= 0.6 is 23.2 Å². The number of rotatable bonds is 6. The number of nitrogens with one attached hydrogen (secondary N) is 2. The minimum atomic E-state index is -3.44. The van der Waals surface area contributed by atoms with E-state index < -0.39 is 10.0 Å². The maximum atomic E-state index is 12.3. The Morgan fingerprint density at radius 3 is 2.52 bits per heavy atom. The number of halogens is 2. The number of carbonyl (C=O) groups is 1. The van der Waals surface area contributed by atoms with Crippen molar-refractivity contribution in [3.05, 3.63) is 39.7 Å². The van der Waals surface area contributed by atoms with E-state index in [1.165, 1.54) is 0 Å². The Morgan fingerprint density at radius 1 is 1.32 bits per heavy atom. The fraction of sp³-hybridized carbons (Fsp3) is 0.438. The Morgan fingerprint density at radius 2 is 1.92 bits per heavy atom. The van der Waals surface area contributed by atoms with E-state index >= 15 is 0 Å². The van der Waals surface area contributed by atoms with Crippen molar-refractivity contribution in [2.24, 2.45) is 0 Å². The van der Waals surface area contributed by atoms with Gasteiger partial charge in [-0.05, 0) is 37.5 Å². The molecular formula is C16H21Cl2N3O3S. The van der Waals surface area contributed by atoms with E-state index in [0.717, 1.165) is 16.7 Å². The second-order valence-corrected chi connectivity index (χ2v) is 8.39. The summed E-state index contributed by atoms with van der Waals surface area (Å²) in [5.41, 5.74) is 1.66. The first-order valence-electron chi connectivity index (χ1n) is 7.84. The number of hydrogen-bond acceptors (Lipinski definition) is 4. The van der Waals surface area contributed by atoms with E-state index in [2.05, 4.69) is 16.6 Å². The topological polar surface area (TPSA) is 78.5 Å². The Balaban J connectivity index is 1.85. The van der Waals surface area contributed by atoms with Crippen molar-refractivity contribution in [3.8, 4) is 0 Å². The number of nitrogens with zero attached hydrogens (tertiary/aromatic N) is 1. The number of anilines is 1. The highest BCUT2D eigenvalue weighted by Crippen LogP contribution is 2.28. The van der Waals surface area contributed by atoms with Crippen LogP contribution in [0.2, 0.25) is 10.0 Å². The minimum Gasteiger partial charge on any atom is -0.376 e. The third-order valence-corrected chi connectivity index (χ3v) is 5.92. The number of sulfonamides is 1. The van der Waals surface area contributed by atoms with Crippen LogP contribution < -0.4 is 10.0 Å². The largest absolute Gasteiger partial charge is 0.376 e. The van der Waals surface area contributed by atoms with Crippen molar-refractivity contribution < 1.29 is 13.2 Å². The summed E-state index contributed by atoms with van der Waals surface area (Å²) in [6.45, 7) is 6.30. The summed E-state index contributed by atoms with van der Waals surface area (Å²) >= 11 is 12.0. The van der Waals surface area contributed by atoms with E-state index in [9.17, 15) is 13.2 Å². The van der Waals surface area contributed by atoms with E-state index in [4.69, 9.17) is 23.2 Å². The summed E-state index contributed by atoms with van der Waals surface area (Å²) < 4.78 is 25.5. The molecule has 9 heteroatoms. The Labute approximate surface area is 158 Å². The summed E-state index contributed by atoms with van der Waals surface area (Å²) in [7, 11) is -3.44. The van der Waals surface area contributed by atoms with Gasteiger partial charge in [-0.2, -0.15) is 0 Å². The molecule has 1 aromatic rings. The quantitative estimate of drug-likeness (QED) is 0.762. The smallest absolute Gasteiger partial charge is 0.241 e. The molecule has 25 heavy (non-hydrogen) atoms. The zero-order valence-corrected chi connectivity index (χ0v) is 16.2. The van der Waals surface area contributed by atoms with Gasteiger partial charge in [0.05, 0.1) is 16.6 Å². The Bertz CT molecular complexity index is 760. The molecule has 0 atom stereocenters. The molecule has 1 saturated heterocycles. The molecule has 1 fully saturated rings. The van der Waals surface area contributed by atoms with Crippen LogP contribution in [0.5, 0.6) is 0 Å². The van der Waals surface area contributed by atoms with Gasteiger partial charge in [0, 0.05) is 30.2 Å². The number of likely N-dealkylation sites (tertiary alicyclic amines) is 1. The molecular weight excluding hydrogens is 385 g/mol. The van der Waals surface area contributed by atoms with Crippen molar-refractivity contribution in [1.82, 2.24) is 9.62 Å². The van der Waals surface area contributed by atoms with Crippen LogP contribution in [0.1, 0.15) is 18.4 Å². The maximum absolute atomic E-state index is 12.3. The number of benzene rings is 1. The van der Waals surface area contributed by atoms with E-state index in [1.807, 2.05) is 6.92 Å². The molecule has 2 N–H and O–H groups in total. The van der Waals surface area contributed by atoms with Crippen LogP contribution in [0, 0.1) is 6.92 Å². The molecule has 138 valence electrons. The van der Waals surface area contributed by atoms with Crippen LogP contribution in [-0.2, 0) is 14.8 Å². The lowest BCUT2D eigenvalue weighted by Gasteiger charge is -2.32. The first-order valence-corrected chi connectivity index (χ1v) is 10.1. The predicted octanol–water partition coefficient (Wildman–Crippen LogP) is 2.77. The summed E-state index contributed by atoms with van der Waals surface area (Å²) in [5, 5.41) is 4.88. The molecule has 2 rings (SSSR count). The fourth-order valence-corrected chi connectivity index (χ4v) is 3.82. The first kappa shape index (κ1) is 20.0. The molecule has 0 saturated carbocycles. The lowest BCUT2D eigenvalue weighted by molar-refractivity contribution is -0.130. The predicted molar refractivity (Wildman–Crippen MR) is 102 cm³/mol. The molecule has 1 aliphatic rings. The highest BCUT2D eigenvalue weighted by atomic mass is 35.5. The van der Waals surface area contributed by atoms with Crippen molar-refractivity contribution >= 4 is 44.8 Å². The van der Waals surface area contributed by atoms with Crippen LogP contribution in [0.25, 0.3) is 0 Å². The van der Waals surface area contributed by atoms with Gasteiger partial charge in [0.2, 0.25) is 15.9 Å². The molecule has 0 aliphatic carbocycles. The standard InChI is InChI=1S/C16H21Cl2N3O3S/c1-3-25(23,24)20-12-4-6-21(7-5-12)16(22)10-19-15-9-14(18)13(17)8-11(15)2/h3,8-9,12,19-20H,1,4-7,10H2,2H3. The molecule has 0 aromatic heterocycles. The number of piperidine rings is 1. The minimum absolute atomic E-state index is 0.0458. The van der Waals surface area contributed by atoms with Crippen LogP contribution in [0.4, 0.5) is 5.69 Å². The average Bonchev–Trinajstić information content (AvgIpc) is 2.57. The van der Waals surface area contributed by atoms with Gasteiger partial charge >= 0.3 is 0 Å². The third-order valence-electron chi connectivity index (χ3n) is 4.10. The molecule has 1 heterocycles. The Hall–Kier alpha value is -1.28. The lowest BCUT2D eigenvalue weighted by Crippen LogP contribution is -2.47.